The highest BCUT2D eigenvalue weighted by Gasteiger charge is 2.41. The molecule has 0 bridgehead atoms. The van der Waals surface area contributed by atoms with Crippen molar-refractivity contribution in [1.29, 1.82) is 0 Å². The fourth-order valence-electron chi connectivity index (χ4n) is 3.80. The van der Waals surface area contributed by atoms with Gasteiger partial charge in [-0.3, -0.25) is 9.59 Å². The minimum atomic E-state index is -0.374. The smallest absolute Gasteiger partial charge is 0.251 e. The van der Waals surface area contributed by atoms with Crippen LogP contribution >= 0.6 is 0 Å². The summed E-state index contributed by atoms with van der Waals surface area (Å²) in [5.41, 5.74) is 1.80. The monoisotopic (exact) mass is 314 g/mol. The van der Waals surface area contributed by atoms with Gasteiger partial charge in [0.15, 0.2) is 0 Å². The van der Waals surface area contributed by atoms with Crippen molar-refractivity contribution in [2.24, 2.45) is 11.8 Å². The molecule has 1 heterocycles. The minimum absolute atomic E-state index is 0.104. The zero-order valence-electron chi connectivity index (χ0n) is 14.2. The fraction of sp³-hybridized carbons (Fsp3) is 0.579. The van der Waals surface area contributed by atoms with Crippen molar-refractivity contribution < 1.29 is 9.59 Å². The van der Waals surface area contributed by atoms with E-state index in [1.54, 1.807) is 0 Å². The maximum absolute atomic E-state index is 12.7. The molecule has 1 N–H and O–H groups in total. The number of aryl methyl sites for hydroxylation is 1. The molecule has 0 unspecified atom stereocenters. The minimum Gasteiger partial charge on any atom is -0.302 e. The topological polar surface area (TPSA) is 49.4 Å². The van der Waals surface area contributed by atoms with Crippen molar-refractivity contribution in [3.63, 3.8) is 0 Å². The molecule has 4 atom stereocenters. The molecule has 1 aromatic rings. The van der Waals surface area contributed by atoms with Gasteiger partial charge < -0.3 is 5.32 Å². The molecule has 0 aromatic heterocycles. The average molecular weight is 314 g/mol. The first-order valence-corrected chi connectivity index (χ1v) is 8.67. The number of benzene rings is 1. The number of hydrogen-bond acceptors (Lipinski definition) is 3. The third-order valence-corrected chi connectivity index (χ3v) is 5.56. The Morgan fingerprint density at radius 3 is 2.48 bits per heavy atom. The molecule has 2 amide bonds. The van der Waals surface area contributed by atoms with Crippen molar-refractivity contribution in [1.82, 2.24) is 5.32 Å². The van der Waals surface area contributed by atoms with Crippen molar-refractivity contribution in [3.8, 4) is 0 Å². The number of imide groups is 1. The van der Waals surface area contributed by atoms with E-state index < -0.39 is 0 Å². The van der Waals surface area contributed by atoms with Crippen LogP contribution in [0.3, 0.4) is 0 Å². The first-order chi connectivity index (χ1) is 11.0. The molecule has 124 valence electrons. The summed E-state index contributed by atoms with van der Waals surface area (Å²) in [6, 6.07) is 7.51. The molecule has 3 rings (SSSR count). The summed E-state index contributed by atoms with van der Waals surface area (Å²) in [5.74, 6) is 0.999. The van der Waals surface area contributed by atoms with Crippen LogP contribution in [0.2, 0.25) is 0 Å². The molecule has 1 saturated carbocycles. The van der Waals surface area contributed by atoms with E-state index in [2.05, 4.69) is 19.2 Å². The number of rotatable bonds is 3. The van der Waals surface area contributed by atoms with Gasteiger partial charge in [-0.15, -0.1) is 0 Å². The van der Waals surface area contributed by atoms with Gasteiger partial charge in [0.05, 0.1) is 18.2 Å². The van der Waals surface area contributed by atoms with E-state index in [1.807, 2.05) is 31.2 Å². The highest BCUT2D eigenvalue weighted by atomic mass is 16.2. The molecule has 4 nitrogen and oxygen atoms in total. The molecule has 4 heteroatoms. The van der Waals surface area contributed by atoms with Gasteiger partial charge in [-0.1, -0.05) is 44.4 Å². The molecule has 23 heavy (non-hydrogen) atoms. The number of nitrogens with one attached hydrogen (secondary N) is 1. The molecular weight excluding hydrogens is 288 g/mol. The van der Waals surface area contributed by atoms with Crippen LogP contribution in [-0.2, 0) is 9.59 Å². The predicted molar refractivity (Wildman–Crippen MR) is 91.2 cm³/mol. The third kappa shape index (κ3) is 3.18. The Kier molecular flexibility index (Phi) is 4.53. The molecule has 1 aliphatic heterocycles. The second-order valence-corrected chi connectivity index (χ2v) is 7.20. The summed E-state index contributed by atoms with van der Waals surface area (Å²) < 4.78 is 0. The Labute approximate surface area is 138 Å². The zero-order chi connectivity index (χ0) is 16.6. The van der Waals surface area contributed by atoms with E-state index in [0.29, 0.717) is 23.6 Å². The molecule has 1 aromatic carbocycles. The number of amides is 2. The van der Waals surface area contributed by atoms with Gasteiger partial charge in [0.2, 0.25) is 5.91 Å². The lowest BCUT2D eigenvalue weighted by molar-refractivity contribution is -0.121. The van der Waals surface area contributed by atoms with Crippen molar-refractivity contribution in [3.05, 3.63) is 29.8 Å². The van der Waals surface area contributed by atoms with E-state index in [1.165, 1.54) is 17.7 Å². The Bertz CT molecular complexity index is 596. The zero-order valence-corrected chi connectivity index (χ0v) is 14.2. The predicted octanol–water partition coefficient (Wildman–Crippen LogP) is 3.04. The lowest BCUT2D eigenvalue weighted by atomic mass is 9.78. The Morgan fingerprint density at radius 2 is 1.78 bits per heavy atom. The molecular formula is C19H26N2O2. The average Bonchev–Trinajstić information content (AvgIpc) is 2.79. The van der Waals surface area contributed by atoms with Gasteiger partial charge in [-0.25, -0.2) is 4.90 Å². The van der Waals surface area contributed by atoms with Gasteiger partial charge >= 0.3 is 0 Å². The van der Waals surface area contributed by atoms with E-state index in [0.717, 1.165) is 12.0 Å². The van der Waals surface area contributed by atoms with Crippen LogP contribution in [0, 0.1) is 18.8 Å². The SMILES string of the molecule is Cc1ccc(N2C(=O)C[C@@H](N[C@H]3CCC[C@H](C)[C@@H]3C)C2=O)cc1. The lowest BCUT2D eigenvalue weighted by Crippen LogP contribution is -2.48. The van der Waals surface area contributed by atoms with Crippen molar-refractivity contribution in [2.45, 2.75) is 58.5 Å². The van der Waals surface area contributed by atoms with Crippen molar-refractivity contribution in [2.75, 3.05) is 4.90 Å². The van der Waals surface area contributed by atoms with Gasteiger partial charge in [0.25, 0.3) is 5.91 Å². The Balaban J connectivity index is 1.72. The summed E-state index contributed by atoms with van der Waals surface area (Å²) in [6.07, 6.45) is 3.81. The van der Waals surface area contributed by atoms with Crippen LogP contribution < -0.4 is 10.2 Å². The van der Waals surface area contributed by atoms with Crippen LogP contribution in [0.5, 0.6) is 0 Å². The number of carbonyl (C=O) groups excluding carboxylic acids is 2. The van der Waals surface area contributed by atoms with Gasteiger partial charge in [-0.05, 0) is 37.3 Å². The number of hydrogen-bond donors (Lipinski definition) is 1. The second kappa shape index (κ2) is 6.44. The fourth-order valence-corrected chi connectivity index (χ4v) is 3.80. The van der Waals surface area contributed by atoms with Crippen LogP contribution in [0.25, 0.3) is 0 Å². The van der Waals surface area contributed by atoms with Gasteiger partial charge in [0.1, 0.15) is 0 Å². The first kappa shape index (κ1) is 16.2. The van der Waals surface area contributed by atoms with Crippen LogP contribution in [0.4, 0.5) is 5.69 Å². The van der Waals surface area contributed by atoms with Gasteiger partial charge in [0, 0.05) is 6.04 Å². The van der Waals surface area contributed by atoms with Crippen LogP contribution in [0.15, 0.2) is 24.3 Å². The molecule has 1 saturated heterocycles. The number of nitrogens with zero attached hydrogens (tertiary/aromatic N) is 1. The number of carbonyl (C=O) groups is 2. The standard InChI is InChI=1S/C19H26N2O2/c1-12-7-9-15(10-8-12)21-18(22)11-17(19(21)23)20-16-6-4-5-13(2)14(16)3/h7-10,13-14,16-17,20H,4-6,11H2,1-3H3/t13-,14-,16-,17+/m0/s1. The van der Waals surface area contributed by atoms with Crippen LogP contribution in [0.1, 0.15) is 45.1 Å². The molecule has 0 radical (unpaired) electrons. The maximum atomic E-state index is 12.7. The summed E-state index contributed by atoms with van der Waals surface area (Å²) in [4.78, 5) is 26.4. The first-order valence-electron chi connectivity index (χ1n) is 8.67. The normalized spacial score (nSPS) is 31.7. The molecule has 2 fully saturated rings. The quantitative estimate of drug-likeness (QED) is 0.873. The maximum Gasteiger partial charge on any atom is 0.251 e. The Morgan fingerprint density at radius 1 is 1.09 bits per heavy atom. The van der Waals surface area contributed by atoms with Gasteiger partial charge in [-0.2, -0.15) is 0 Å². The highest BCUT2D eigenvalue weighted by molar-refractivity contribution is 6.22. The molecule has 2 aliphatic rings. The summed E-state index contributed by atoms with van der Waals surface area (Å²) >= 11 is 0. The highest BCUT2D eigenvalue weighted by Crippen LogP contribution is 2.31. The Hall–Kier alpha value is -1.68. The summed E-state index contributed by atoms with van der Waals surface area (Å²) in [5, 5.41) is 3.48. The summed E-state index contributed by atoms with van der Waals surface area (Å²) in [6.45, 7) is 6.52. The largest absolute Gasteiger partial charge is 0.302 e. The molecule has 0 spiro atoms. The third-order valence-electron chi connectivity index (χ3n) is 5.56. The summed E-state index contributed by atoms with van der Waals surface area (Å²) in [7, 11) is 0. The van der Waals surface area contributed by atoms with E-state index >= 15 is 0 Å². The van der Waals surface area contributed by atoms with E-state index in [-0.39, 0.29) is 24.3 Å². The van der Waals surface area contributed by atoms with Crippen molar-refractivity contribution >= 4 is 17.5 Å². The van der Waals surface area contributed by atoms with E-state index in [4.69, 9.17) is 0 Å². The lowest BCUT2D eigenvalue weighted by Gasteiger charge is -2.36. The number of anilines is 1. The van der Waals surface area contributed by atoms with E-state index in [9.17, 15) is 9.59 Å². The second-order valence-electron chi connectivity index (χ2n) is 7.20. The van der Waals surface area contributed by atoms with Crippen LogP contribution in [-0.4, -0.2) is 23.9 Å². The molecule has 1 aliphatic carbocycles.